The van der Waals surface area contributed by atoms with Crippen molar-refractivity contribution >= 4 is 5.91 Å². The van der Waals surface area contributed by atoms with E-state index in [4.69, 9.17) is 0 Å². The Morgan fingerprint density at radius 2 is 2.10 bits per heavy atom. The molecule has 1 N–H and O–H groups in total. The van der Waals surface area contributed by atoms with E-state index in [1.165, 1.54) is 6.07 Å². The lowest BCUT2D eigenvalue weighted by Crippen LogP contribution is -2.37. The smallest absolute Gasteiger partial charge is 0.220 e. The molecule has 1 aliphatic rings. The number of nitrogens with zero attached hydrogens (tertiary/aromatic N) is 2. The molecule has 0 spiro atoms. The first kappa shape index (κ1) is 21.4. The predicted octanol–water partition coefficient (Wildman–Crippen LogP) is 4.02. The third kappa shape index (κ3) is 6.89. The summed E-state index contributed by atoms with van der Waals surface area (Å²) in [4.78, 5) is 19.2. The Kier molecular flexibility index (Phi) is 7.69. The van der Waals surface area contributed by atoms with Crippen LogP contribution < -0.4 is 5.32 Å². The maximum atomic E-state index is 13.2. The van der Waals surface area contributed by atoms with Crippen LogP contribution in [0.15, 0.2) is 36.4 Å². The fourth-order valence-electron chi connectivity index (χ4n) is 3.88. The van der Waals surface area contributed by atoms with Gasteiger partial charge < -0.3 is 10.2 Å². The Labute approximate surface area is 171 Å². The molecule has 1 saturated heterocycles. The number of hydrogen-bond donors (Lipinski definition) is 1. The highest BCUT2D eigenvalue weighted by molar-refractivity contribution is 5.75. The monoisotopic (exact) mass is 401 g/mol. The van der Waals surface area contributed by atoms with Crippen LogP contribution in [-0.2, 0) is 17.8 Å². The highest BCUT2D eigenvalue weighted by Crippen LogP contribution is 2.21. The van der Waals surface area contributed by atoms with Crippen LogP contribution in [0.25, 0.3) is 0 Å². The first-order valence-corrected chi connectivity index (χ1v) is 10.3. The molecule has 0 aliphatic carbocycles. The number of rotatable bonds is 8. The van der Waals surface area contributed by atoms with Gasteiger partial charge in [0.25, 0.3) is 0 Å². The lowest BCUT2D eigenvalue weighted by Gasteiger charge is -2.32. The Morgan fingerprint density at radius 3 is 2.90 bits per heavy atom. The number of pyridine rings is 1. The zero-order valence-electron chi connectivity index (χ0n) is 17.0. The predicted molar refractivity (Wildman–Crippen MR) is 109 cm³/mol. The summed E-state index contributed by atoms with van der Waals surface area (Å²) >= 11 is 0. The fourth-order valence-corrected chi connectivity index (χ4v) is 3.88. The van der Waals surface area contributed by atoms with Gasteiger partial charge in [-0.1, -0.05) is 12.1 Å². The number of aryl methyl sites for hydroxylation is 1. The second-order valence-corrected chi connectivity index (χ2v) is 7.89. The van der Waals surface area contributed by atoms with E-state index < -0.39 is 11.6 Å². The van der Waals surface area contributed by atoms with Crippen molar-refractivity contribution in [1.29, 1.82) is 0 Å². The van der Waals surface area contributed by atoms with Gasteiger partial charge in [-0.25, -0.2) is 8.78 Å². The molecule has 1 aliphatic heterocycles. The zero-order valence-corrected chi connectivity index (χ0v) is 17.0. The van der Waals surface area contributed by atoms with E-state index in [0.717, 1.165) is 68.8 Å². The van der Waals surface area contributed by atoms with Crippen molar-refractivity contribution in [3.63, 3.8) is 0 Å². The second kappa shape index (κ2) is 10.4. The van der Waals surface area contributed by atoms with Crippen molar-refractivity contribution in [2.75, 3.05) is 19.6 Å². The number of halogens is 2. The van der Waals surface area contributed by atoms with Crippen molar-refractivity contribution in [2.24, 2.45) is 5.92 Å². The maximum absolute atomic E-state index is 13.2. The van der Waals surface area contributed by atoms with Crippen LogP contribution in [0.4, 0.5) is 8.78 Å². The number of carbonyl (C=O) groups excluding carboxylic acids is 1. The van der Waals surface area contributed by atoms with Gasteiger partial charge in [0.05, 0.1) is 0 Å². The highest BCUT2D eigenvalue weighted by atomic mass is 19.2. The van der Waals surface area contributed by atoms with E-state index in [0.29, 0.717) is 17.9 Å². The van der Waals surface area contributed by atoms with Gasteiger partial charge in [-0.2, -0.15) is 0 Å². The summed E-state index contributed by atoms with van der Waals surface area (Å²) in [7, 11) is 0. The number of amides is 1. The van der Waals surface area contributed by atoms with E-state index >= 15 is 0 Å². The minimum atomic E-state index is -0.889. The van der Waals surface area contributed by atoms with Crippen LogP contribution >= 0.6 is 0 Å². The molecule has 1 fully saturated rings. The van der Waals surface area contributed by atoms with Gasteiger partial charge >= 0.3 is 0 Å². The molecular formula is C23H29F2N3O. The molecule has 0 radical (unpaired) electrons. The number of piperidine rings is 1. The van der Waals surface area contributed by atoms with Gasteiger partial charge in [0.15, 0.2) is 11.6 Å². The molecule has 0 bridgehead atoms. The van der Waals surface area contributed by atoms with E-state index in [9.17, 15) is 13.6 Å². The van der Waals surface area contributed by atoms with Crippen LogP contribution in [0, 0.1) is 24.5 Å². The SMILES string of the molecule is Cc1cccc(CCN2CCCC(CCC(=O)NCc3ccc(F)c(F)c3)C2)n1. The molecule has 4 nitrogen and oxygen atoms in total. The topological polar surface area (TPSA) is 45.2 Å². The average molecular weight is 402 g/mol. The molecule has 1 amide bonds. The van der Waals surface area contributed by atoms with Crippen molar-refractivity contribution in [1.82, 2.24) is 15.2 Å². The Morgan fingerprint density at radius 1 is 1.24 bits per heavy atom. The molecule has 2 heterocycles. The quantitative estimate of drug-likeness (QED) is 0.727. The van der Waals surface area contributed by atoms with Crippen LogP contribution in [0.2, 0.25) is 0 Å². The molecule has 6 heteroatoms. The second-order valence-electron chi connectivity index (χ2n) is 7.89. The molecule has 1 aromatic carbocycles. The zero-order chi connectivity index (χ0) is 20.6. The van der Waals surface area contributed by atoms with Gasteiger partial charge in [-0.05, 0) is 68.5 Å². The summed E-state index contributed by atoms with van der Waals surface area (Å²) in [6.45, 7) is 5.34. The van der Waals surface area contributed by atoms with Gasteiger partial charge in [0, 0.05) is 43.9 Å². The first-order valence-electron chi connectivity index (χ1n) is 10.3. The highest BCUT2D eigenvalue weighted by Gasteiger charge is 2.20. The standard InChI is InChI=1S/C23H29F2N3O/c1-17-4-2-6-20(27-17)11-13-28-12-3-5-18(16-28)8-10-23(29)26-15-19-7-9-21(24)22(25)14-19/h2,4,6-7,9,14,18H,3,5,8,10-13,15-16H2,1H3,(H,26,29). The molecule has 0 saturated carbocycles. The van der Waals surface area contributed by atoms with Crippen LogP contribution in [-0.4, -0.2) is 35.4 Å². The Balaban J connectivity index is 1.37. The minimum absolute atomic E-state index is 0.0455. The average Bonchev–Trinajstić information content (AvgIpc) is 2.72. The number of benzene rings is 1. The molecule has 1 atom stereocenters. The van der Waals surface area contributed by atoms with Gasteiger partial charge in [0.1, 0.15) is 0 Å². The fraction of sp³-hybridized carbons (Fsp3) is 0.478. The minimum Gasteiger partial charge on any atom is -0.352 e. The third-order valence-corrected chi connectivity index (χ3v) is 5.49. The molecular weight excluding hydrogens is 372 g/mol. The van der Waals surface area contributed by atoms with Gasteiger partial charge in [0.2, 0.25) is 5.91 Å². The van der Waals surface area contributed by atoms with E-state index in [1.807, 2.05) is 13.0 Å². The summed E-state index contributed by atoms with van der Waals surface area (Å²) in [5.41, 5.74) is 2.74. The number of likely N-dealkylation sites (tertiary alicyclic amines) is 1. The first-order chi connectivity index (χ1) is 14.0. The molecule has 3 rings (SSSR count). The summed E-state index contributed by atoms with van der Waals surface area (Å²) in [5, 5.41) is 2.80. The number of aromatic nitrogens is 1. The largest absolute Gasteiger partial charge is 0.352 e. The number of hydrogen-bond acceptors (Lipinski definition) is 3. The van der Waals surface area contributed by atoms with Crippen LogP contribution in [0.5, 0.6) is 0 Å². The van der Waals surface area contributed by atoms with Crippen molar-refractivity contribution < 1.29 is 13.6 Å². The third-order valence-electron chi connectivity index (χ3n) is 5.49. The summed E-state index contributed by atoms with van der Waals surface area (Å²) < 4.78 is 26.2. The van der Waals surface area contributed by atoms with Gasteiger partial charge in [-0.3, -0.25) is 9.78 Å². The summed E-state index contributed by atoms with van der Waals surface area (Å²) in [6, 6.07) is 9.83. The summed E-state index contributed by atoms with van der Waals surface area (Å²) in [5.74, 6) is -1.29. The number of nitrogens with one attached hydrogen (secondary N) is 1. The van der Waals surface area contributed by atoms with Gasteiger partial charge in [-0.15, -0.1) is 0 Å². The Bertz CT molecular complexity index is 828. The van der Waals surface area contributed by atoms with Crippen molar-refractivity contribution in [3.05, 3.63) is 65.0 Å². The molecule has 29 heavy (non-hydrogen) atoms. The van der Waals surface area contributed by atoms with Crippen LogP contribution in [0.1, 0.15) is 42.6 Å². The lowest BCUT2D eigenvalue weighted by molar-refractivity contribution is -0.121. The van der Waals surface area contributed by atoms with E-state index in [1.54, 1.807) is 0 Å². The molecule has 156 valence electrons. The van der Waals surface area contributed by atoms with Crippen molar-refractivity contribution in [3.8, 4) is 0 Å². The van der Waals surface area contributed by atoms with E-state index in [-0.39, 0.29) is 12.5 Å². The summed E-state index contributed by atoms with van der Waals surface area (Å²) in [6.07, 6.45) is 4.56. The molecule has 1 unspecified atom stereocenters. The number of carbonyl (C=O) groups is 1. The molecule has 1 aromatic heterocycles. The Hall–Kier alpha value is -2.34. The normalized spacial score (nSPS) is 17.3. The molecule has 2 aromatic rings. The van der Waals surface area contributed by atoms with E-state index in [2.05, 4.69) is 27.3 Å². The van der Waals surface area contributed by atoms with Crippen LogP contribution in [0.3, 0.4) is 0 Å². The maximum Gasteiger partial charge on any atom is 0.220 e. The lowest BCUT2D eigenvalue weighted by atomic mass is 9.93. The van der Waals surface area contributed by atoms with Crippen molar-refractivity contribution in [2.45, 2.75) is 45.6 Å².